The SMILES string of the molecule is CCOc1ccc(N2C[C@H](C(=O)Nc3cccc(OCc4ccccn4)c3)CC2=O)cc1. The molecule has 1 aliphatic rings. The molecule has 2 aromatic carbocycles. The van der Waals surface area contributed by atoms with Gasteiger partial charge in [-0.05, 0) is 55.5 Å². The topological polar surface area (TPSA) is 80.8 Å². The average Bonchev–Trinajstić information content (AvgIpc) is 3.21. The van der Waals surface area contributed by atoms with Gasteiger partial charge in [0.25, 0.3) is 0 Å². The Morgan fingerprint density at radius 2 is 1.91 bits per heavy atom. The van der Waals surface area contributed by atoms with Gasteiger partial charge in [-0.15, -0.1) is 0 Å². The van der Waals surface area contributed by atoms with Crippen LogP contribution in [0.15, 0.2) is 72.9 Å². The van der Waals surface area contributed by atoms with Crippen LogP contribution in [0, 0.1) is 5.92 Å². The van der Waals surface area contributed by atoms with Gasteiger partial charge >= 0.3 is 0 Å². The third-order valence-corrected chi connectivity index (χ3v) is 5.17. The zero-order valence-electron chi connectivity index (χ0n) is 17.9. The fourth-order valence-electron chi connectivity index (χ4n) is 3.57. The first-order chi connectivity index (χ1) is 15.6. The zero-order valence-corrected chi connectivity index (χ0v) is 17.9. The lowest BCUT2D eigenvalue weighted by Gasteiger charge is -2.17. The van der Waals surface area contributed by atoms with Crippen LogP contribution in [0.3, 0.4) is 0 Å². The second kappa shape index (κ2) is 9.96. The Kier molecular flexibility index (Phi) is 6.65. The number of nitrogens with zero attached hydrogens (tertiary/aromatic N) is 2. The van der Waals surface area contributed by atoms with Crippen LogP contribution >= 0.6 is 0 Å². The van der Waals surface area contributed by atoms with Crippen LogP contribution in [0.2, 0.25) is 0 Å². The number of nitrogens with one attached hydrogen (secondary N) is 1. The Bertz CT molecular complexity index is 1070. The quantitative estimate of drug-likeness (QED) is 0.582. The Hall–Kier alpha value is -3.87. The van der Waals surface area contributed by atoms with Crippen molar-refractivity contribution < 1.29 is 19.1 Å². The minimum Gasteiger partial charge on any atom is -0.494 e. The lowest BCUT2D eigenvalue weighted by atomic mass is 10.1. The first kappa shape index (κ1) is 21.4. The first-order valence-electron chi connectivity index (χ1n) is 10.6. The average molecular weight is 431 g/mol. The highest BCUT2D eigenvalue weighted by Gasteiger charge is 2.35. The van der Waals surface area contributed by atoms with Gasteiger partial charge in [0.1, 0.15) is 18.1 Å². The molecule has 0 aliphatic carbocycles. The zero-order chi connectivity index (χ0) is 22.3. The van der Waals surface area contributed by atoms with Crippen LogP contribution in [-0.4, -0.2) is 29.9 Å². The van der Waals surface area contributed by atoms with Gasteiger partial charge in [-0.3, -0.25) is 14.6 Å². The second-order valence-corrected chi connectivity index (χ2v) is 7.46. The van der Waals surface area contributed by atoms with Gasteiger partial charge in [0.15, 0.2) is 0 Å². The highest BCUT2D eigenvalue weighted by Crippen LogP contribution is 2.28. The van der Waals surface area contributed by atoms with E-state index in [1.54, 1.807) is 23.2 Å². The summed E-state index contributed by atoms with van der Waals surface area (Å²) >= 11 is 0. The fourth-order valence-corrected chi connectivity index (χ4v) is 3.57. The molecule has 7 nitrogen and oxygen atoms in total. The number of benzene rings is 2. The van der Waals surface area contributed by atoms with Crippen molar-refractivity contribution in [2.24, 2.45) is 5.92 Å². The van der Waals surface area contributed by atoms with Gasteiger partial charge in [0, 0.05) is 36.6 Å². The lowest BCUT2D eigenvalue weighted by Crippen LogP contribution is -2.28. The molecule has 7 heteroatoms. The third kappa shape index (κ3) is 5.24. The van der Waals surface area contributed by atoms with E-state index in [4.69, 9.17) is 9.47 Å². The molecule has 0 bridgehead atoms. The van der Waals surface area contributed by atoms with E-state index in [0.29, 0.717) is 31.2 Å². The Morgan fingerprint density at radius 1 is 1.06 bits per heavy atom. The Labute approximate surface area is 187 Å². The molecule has 2 heterocycles. The molecule has 0 unspecified atom stereocenters. The molecule has 1 aliphatic heterocycles. The number of amides is 2. The second-order valence-electron chi connectivity index (χ2n) is 7.46. The maximum atomic E-state index is 12.8. The van der Waals surface area contributed by atoms with E-state index in [9.17, 15) is 9.59 Å². The van der Waals surface area contributed by atoms with E-state index in [-0.39, 0.29) is 18.2 Å². The molecule has 3 aromatic rings. The number of carbonyl (C=O) groups excluding carboxylic acids is 2. The molecule has 1 saturated heterocycles. The minimum absolute atomic E-state index is 0.0678. The highest BCUT2D eigenvalue weighted by atomic mass is 16.5. The summed E-state index contributed by atoms with van der Waals surface area (Å²) in [7, 11) is 0. The molecule has 1 atom stereocenters. The van der Waals surface area contributed by atoms with E-state index in [1.807, 2.05) is 61.5 Å². The molecule has 2 amide bonds. The number of pyridine rings is 1. The Morgan fingerprint density at radius 3 is 2.66 bits per heavy atom. The van der Waals surface area contributed by atoms with E-state index in [2.05, 4.69) is 10.3 Å². The van der Waals surface area contributed by atoms with E-state index < -0.39 is 5.92 Å². The van der Waals surface area contributed by atoms with Crippen molar-refractivity contribution in [2.75, 3.05) is 23.4 Å². The van der Waals surface area contributed by atoms with Gasteiger partial charge in [0.05, 0.1) is 18.2 Å². The molecular weight excluding hydrogens is 406 g/mol. The van der Waals surface area contributed by atoms with E-state index in [1.165, 1.54) is 0 Å². The largest absolute Gasteiger partial charge is 0.494 e. The van der Waals surface area contributed by atoms with E-state index >= 15 is 0 Å². The number of hydrogen-bond acceptors (Lipinski definition) is 5. The summed E-state index contributed by atoms with van der Waals surface area (Å²) in [6, 6.07) is 20.2. The van der Waals surface area contributed by atoms with Crippen LogP contribution in [0.4, 0.5) is 11.4 Å². The Balaban J connectivity index is 1.35. The highest BCUT2D eigenvalue weighted by molar-refractivity contribution is 6.03. The maximum absolute atomic E-state index is 12.8. The number of ether oxygens (including phenoxy) is 2. The smallest absolute Gasteiger partial charge is 0.229 e. The summed E-state index contributed by atoms with van der Waals surface area (Å²) in [5.74, 6) is 0.705. The van der Waals surface area contributed by atoms with Crippen LogP contribution < -0.4 is 19.7 Å². The van der Waals surface area contributed by atoms with Crippen molar-refractivity contribution in [1.29, 1.82) is 0 Å². The fraction of sp³-hybridized carbons (Fsp3) is 0.240. The molecule has 1 N–H and O–H groups in total. The van der Waals surface area contributed by atoms with E-state index in [0.717, 1.165) is 17.1 Å². The van der Waals surface area contributed by atoms with Crippen molar-refractivity contribution in [3.05, 3.63) is 78.6 Å². The van der Waals surface area contributed by atoms with Crippen LogP contribution in [-0.2, 0) is 16.2 Å². The number of hydrogen-bond donors (Lipinski definition) is 1. The molecule has 164 valence electrons. The summed E-state index contributed by atoms with van der Waals surface area (Å²) in [6.07, 6.45) is 1.89. The monoisotopic (exact) mass is 431 g/mol. The van der Waals surface area contributed by atoms with Crippen LogP contribution in [0.25, 0.3) is 0 Å². The number of anilines is 2. The summed E-state index contributed by atoms with van der Waals surface area (Å²) in [4.78, 5) is 31.2. The summed E-state index contributed by atoms with van der Waals surface area (Å²) in [6.45, 7) is 3.18. The molecule has 1 fully saturated rings. The van der Waals surface area contributed by atoms with Gasteiger partial charge in [-0.1, -0.05) is 12.1 Å². The van der Waals surface area contributed by atoms with Crippen LogP contribution in [0.5, 0.6) is 11.5 Å². The normalized spacial score (nSPS) is 15.5. The van der Waals surface area contributed by atoms with Crippen molar-refractivity contribution in [3.8, 4) is 11.5 Å². The standard InChI is InChI=1S/C25H25N3O4/c1-2-31-22-11-9-21(10-12-22)28-16-18(14-24(28)29)25(30)27-19-7-5-8-23(15-19)32-17-20-6-3-4-13-26-20/h3-13,15,18H,2,14,16-17H2,1H3,(H,27,30)/t18-/m1/s1. The number of rotatable bonds is 8. The van der Waals surface area contributed by atoms with Crippen LogP contribution in [0.1, 0.15) is 19.0 Å². The minimum atomic E-state index is -0.424. The van der Waals surface area contributed by atoms with Gasteiger partial charge in [0.2, 0.25) is 11.8 Å². The summed E-state index contributed by atoms with van der Waals surface area (Å²) in [5, 5.41) is 2.91. The summed E-state index contributed by atoms with van der Waals surface area (Å²) < 4.78 is 11.2. The predicted molar refractivity (Wildman–Crippen MR) is 122 cm³/mol. The molecular formula is C25H25N3O4. The predicted octanol–water partition coefficient (Wildman–Crippen LogP) is 4.05. The van der Waals surface area contributed by atoms with Crippen molar-refractivity contribution >= 4 is 23.2 Å². The van der Waals surface area contributed by atoms with Gasteiger partial charge in [-0.25, -0.2) is 0 Å². The third-order valence-electron chi connectivity index (χ3n) is 5.17. The number of aromatic nitrogens is 1. The van der Waals surface area contributed by atoms with Gasteiger partial charge < -0.3 is 19.7 Å². The van der Waals surface area contributed by atoms with Crippen molar-refractivity contribution in [3.63, 3.8) is 0 Å². The first-order valence-corrected chi connectivity index (χ1v) is 10.6. The molecule has 4 rings (SSSR count). The van der Waals surface area contributed by atoms with Gasteiger partial charge in [-0.2, -0.15) is 0 Å². The van der Waals surface area contributed by atoms with Crippen molar-refractivity contribution in [2.45, 2.75) is 20.0 Å². The maximum Gasteiger partial charge on any atom is 0.229 e. The van der Waals surface area contributed by atoms with Crippen molar-refractivity contribution in [1.82, 2.24) is 4.98 Å². The molecule has 0 saturated carbocycles. The molecule has 0 radical (unpaired) electrons. The molecule has 32 heavy (non-hydrogen) atoms. The number of carbonyl (C=O) groups is 2. The molecule has 1 aromatic heterocycles. The summed E-state index contributed by atoms with van der Waals surface area (Å²) in [5.41, 5.74) is 2.21. The lowest BCUT2D eigenvalue weighted by molar-refractivity contribution is -0.122. The molecule has 0 spiro atoms.